The summed E-state index contributed by atoms with van der Waals surface area (Å²) in [6, 6.07) is 1.99. The standard InChI is InChI=1S/C11H19N5/c1-12-9-10-13-4-3-11(14-10)16-7-5-15(2)6-8-16/h3-4,12H,5-9H2,1-2H3. The van der Waals surface area contributed by atoms with Crippen LogP contribution in [0.3, 0.4) is 0 Å². The van der Waals surface area contributed by atoms with Gasteiger partial charge in [0.05, 0.1) is 6.54 Å². The third kappa shape index (κ3) is 2.68. The summed E-state index contributed by atoms with van der Waals surface area (Å²) >= 11 is 0. The Bertz CT molecular complexity index is 333. The Kier molecular flexibility index (Phi) is 3.69. The van der Waals surface area contributed by atoms with Crippen LogP contribution in [-0.2, 0) is 6.54 Å². The zero-order valence-electron chi connectivity index (χ0n) is 9.98. The zero-order chi connectivity index (χ0) is 11.4. The molecule has 1 aliphatic heterocycles. The van der Waals surface area contributed by atoms with E-state index in [1.165, 1.54) is 0 Å². The van der Waals surface area contributed by atoms with Crippen molar-refractivity contribution >= 4 is 5.82 Å². The third-order valence-corrected chi connectivity index (χ3v) is 2.85. The van der Waals surface area contributed by atoms with Gasteiger partial charge in [-0.25, -0.2) is 9.97 Å². The van der Waals surface area contributed by atoms with Crippen molar-refractivity contribution in [1.82, 2.24) is 20.2 Å². The molecule has 0 aliphatic carbocycles. The molecule has 1 saturated heterocycles. The molecule has 5 heteroatoms. The van der Waals surface area contributed by atoms with Crippen molar-refractivity contribution in [2.75, 3.05) is 45.2 Å². The van der Waals surface area contributed by atoms with Gasteiger partial charge in [-0.1, -0.05) is 0 Å². The number of hydrogen-bond donors (Lipinski definition) is 1. The van der Waals surface area contributed by atoms with Crippen molar-refractivity contribution in [2.24, 2.45) is 0 Å². The number of rotatable bonds is 3. The van der Waals surface area contributed by atoms with E-state index in [0.29, 0.717) is 0 Å². The van der Waals surface area contributed by atoms with E-state index in [4.69, 9.17) is 0 Å². The molecule has 0 bridgehead atoms. The van der Waals surface area contributed by atoms with Gasteiger partial charge >= 0.3 is 0 Å². The maximum Gasteiger partial charge on any atom is 0.144 e. The first-order chi connectivity index (χ1) is 7.79. The number of likely N-dealkylation sites (N-methyl/N-ethyl adjacent to an activating group) is 1. The highest BCUT2D eigenvalue weighted by Gasteiger charge is 2.15. The Morgan fingerprint density at radius 1 is 1.31 bits per heavy atom. The minimum Gasteiger partial charge on any atom is -0.354 e. The fourth-order valence-corrected chi connectivity index (χ4v) is 1.84. The molecule has 0 atom stereocenters. The van der Waals surface area contributed by atoms with E-state index < -0.39 is 0 Å². The first-order valence-corrected chi connectivity index (χ1v) is 5.69. The van der Waals surface area contributed by atoms with E-state index >= 15 is 0 Å². The molecule has 0 unspecified atom stereocenters. The number of piperazine rings is 1. The van der Waals surface area contributed by atoms with Gasteiger partial charge in [-0.2, -0.15) is 0 Å². The molecule has 1 aliphatic rings. The van der Waals surface area contributed by atoms with Crippen LogP contribution in [0.25, 0.3) is 0 Å². The predicted molar refractivity (Wildman–Crippen MR) is 64.5 cm³/mol. The molecule has 2 heterocycles. The summed E-state index contributed by atoms with van der Waals surface area (Å²) < 4.78 is 0. The molecule has 88 valence electrons. The minimum atomic E-state index is 0.724. The van der Waals surface area contributed by atoms with Crippen LogP contribution in [0, 0.1) is 0 Å². The van der Waals surface area contributed by atoms with Crippen LogP contribution >= 0.6 is 0 Å². The minimum absolute atomic E-state index is 0.724. The fourth-order valence-electron chi connectivity index (χ4n) is 1.84. The summed E-state index contributed by atoms with van der Waals surface area (Å²) in [6.45, 7) is 5.03. The van der Waals surface area contributed by atoms with Gasteiger partial charge < -0.3 is 15.1 Å². The Morgan fingerprint density at radius 2 is 2.06 bits per heavy atom. The molecule has 2 rings (SSSR count). The first-order valence-electron chi connectivity index (χ1n) is 5.69. The van der Waals surface area contributed by atoms with Gasteiger partial charge in [-0.15, -0.1) is 0 Å². The van der Waals surface area contributed by atoms with E-state index in [1.807, 2.05) is 19.3 Å². The number of nitrogens with one attached hydrogen (secondary N) is 1. The number of nitrogens with zero attached hydrogens (tertiary/aromatic N) is 4. The average Bonchev–Trinajstić information content (AvgIpc) is 2.31. The van der Waals surface area contributed by atoms with Crippen molar-refractivity contribution in [2.45, 2.75) is 6.54 Å². The third-order valence-electron chi connectivity index (χ3n) is 2.85. The smallest absolute Gasteiger partial charge is 0.144 e. The number of hydrogen-bond acceptors (Lipinski definition) is 5. The molecule has 5 nitrogen and oxygen atoms in total. The molecule has 1 aromatic rings. The summed E-state index contributed by atoms with van der Waals surface area (Å²) in [4.78, 5) is 13.4. The second-order valence-corrected chi connectivity index (χ2v) is 4.15. The van der Waals surface area contributed by atoms with Crippen molar-refractivity contribution < 1.29 is 0 Å². The molecule has 1 aromatic heterocycles. The van der Waals surface area contributed by atoms with Gasteiger partial charge in [0.2, 0.25) is 0 Å². The highest BCUT2D eigenvalue weighted by atomic mass is 15.3. The lowest BCUT2D eigenvalue weighted by atomic mass is 10.3. The summed E-state index contributed by atoms with van der Waals surface area (Å²) in [5.41, 5.74) is 0. The molecule has 16 heavy (non-hydrogen) atoms. The quantitative estimate of drug-likeness (QED) is 0.775. The molecule has 1 fully saturated rings. The van der Waals surface area contributed by atoms with Gasteiger partial charge in [0.25, 0.3) is 0 Å². The monoisotopic (exact) mass is 221 g/mol. The average molecular weight is 221 g/mol. The van der Waals surface area contributed by atoms with Crippen LogP contribution in [-0.4, -0.2) is 55.1 Å². The summed E-state index contributed by atoms with van der Waals surface area (Å²) in [6.07, 6.45) is 1.84. The second kappa shape index (κ2) is 5.23. The summed E-state index contributed by atoms with van der Waals surface area (Å²) in [5.74, 6) is 1.91. The van der Waals surface area contributed by atoms with E-state index in [9.17, 15) is 0 Å². The fraction of sp³-hybridized carbons (Fsp3) is 0.636. The molecule has 0 aromatic carbocycles. The van der Waals surface area contributed by atoms with Gasteiger partial charge in [0.1, 0.15) is 11.6 Å². The molecular formula is C11H19N5. The largest absolute Gasteiger partial charge is 0.354 e. The Labute approximate surface area is 96.5 Å². The lowest BCUT2D eigenvalue weighted by molar-refractivity contribution is 0.312. The molecular weight excluding hydrogens is 202 g/mol. The molecule has 1 N–H and O–H groups in total. The van der Waals surface area contributed by atoms with E-state index in [2.05, 4.69) is 32.1 Å². The summed E-state index contributed by atoms with van der Waals surface area (Å²) in [5, 5.41) is 3.07. The number of aromatic nitrogens is 2. The van der Waals surface area contributed by atoms with Gasteiger partial charge in [0, 0.05) is 32.4 Å². The topological polar surface area (TPSA) is 44.3 Å². The van der Waals surface area contributed by atoms with E-state index in [-0.39, 0.29) is 0 Å². The van der Waals surface area contributed by atoms with Gasteiger partial charge in [-0.05, 0) is 20.2 Å². The molecule has 0 spiro atoms. The van der Waals surface area contributed by atoms with Crippen LogP contribution in [0.4, 0.5) is 5.82 Å². The molecule has 0 saturated carbocycles. The predicted octanol–water partition coefficient (Wildman–Crippen LogP) is -0.0522. The Hall–Kier alpha value is -1.20. The van der Waals surface area contributed by atoms with E-state index in [1.54, 1.807) is 0 Å². The molecule has 0 amide bonds. The maximum absolute atomic E-state index is 4.54. The van der Waals surface area contributed by atoms with E-state index in [0.717, 1.165) is 44.4 Å². The van der Waals surface area contributed by atoms with Crippen molar-refractivity contribution in [1.29, 1.82) is 0 Å². The molecule has 0 radical (unpaired) electrons. The van der Waals surface area contributed by atoms with Crippen molar-refractivity contribution in [3.8, 4) is 0 Å². The normalized spacial score (nSPS) is 17.8. The highest BCUT2D eigenvalue weighted by Crippen LogP contribution is 2.12. The van der Waals surface area contributed by atoms with Gasteiger partial charge in [0.15, 0.2) is 0 Å². The van der Waals surface area contributed by atoms with Crippen LogP contribution in [0.15, 0.2) is 12.3 Å². The Balaban J connectivity index is 2.05. The summed E-state index contributed by atoms with van der Waals surface area (Å²) in [7, 11) is 4.07. The van der Waals surface area contributed by atoms with Crippen LogP contribution < -0.4 is 10.2 Å². The van der Waals surface area contributed by atoms with Crippen LogP contribution in [0.2, 0.25) is 0 Å². The van der Waals surface area contributed by atoms with Gasteiger partial charge in [-0.3, -0.25) is 0 Å². The lowest BCUT2D eigenvalue weighted by Crippen LogP contribution is -2.44. The number of anilines is 1. The van der Waals surface area contributed by atoms with Crippen molar-refractivity contribution in [3.63, 3.8) is 0 Å². The van der Waals surface area contributed by atoms with Crippen molar-refractivity contribution in [3.05, 3.63) is 18.1 Å². The maximum atomic E-state index is 4.54. The lowest BCUT2D eigenvalue weighted by Gasteiger charge is -2.33. The SMILES string of the molecule is CNCc1nccc(N2CCN(C)CC2)n1. The first kappa shape index (κ1) is 11.3. The Morgan fingerprint density at radius 3 is 2.75 bits per heavy atom. The van der Waals surface area contributed by atoms with Crippen LogP contribution in [0.5, 0.6) is 0 Å². The highest BCUT2D eigenvalue weighted by molar-refractivity contribution is 5.38. The zero-order valence-corrected chi connectivity index (χ0v) is 9.98. The second-order valence-electron chi connectivity index (χ2n) is 4.15. The van der Waals surface area contributed by atoms with Crippen LogP contribution in [0.1, 0.15) is 5.82 Å².